The van der Waals surface area contributed by atoms with E-state index in [-0.39, 0.29) is 6.54 Å². The van der Waals surface area contributed by atoms with E-state index in [1.54, 1.807) is 37.4 Å². The first-order valence-corrected chi connectivity index (χ1v) is 10.9. The van der Waals surface area contributed by atoms with Crippen LogP contribution in [0.5, 0.6) is 5.75 Å². The van der Waals surface area contributed by atoms with E-state index in [2.05, 4.69) is 9.97 Å². The van der Waals surface area contributed by atoms with Gasteiger partial charge in [0.2, 0.25) is 5.89 Å². The van der Waals surface area contributed by atoms with Crippen LogP contribution in [0.2, 0.25) is 0 Å². The first-order chi connectivity index (χ1) is 16.6. The molecule has 2 aromatic carbocycles. The molecule has 0 radical (unpaired) electrons. The van der Waals surface area contributed by atoms with E-state index in [1.807, 2.05) is 49.4 Å². The number of fused-ring (bicyclic) bond motifs is 1. The van der Waals surface area contributed by atoms with Gasteiger partial charge >= 0.3 is 5.69 Å². The Morgan fingerprint density at radius 3 is 2.53 bits per heavy atom. The molecule has 0 bridgehead atoms. The minimum Gasteiger partial charge on any atom is -0.493 e. The summed E-state index contributed by atoms with van der Waals surface area (Å²) < 4.78 is 14.2. The average Bonchev–Trinajstić information content (AvgIpc) is 3.23. The lowest BCUT2D eigenvalue weighted by Gasteiger charge is -2.12. The molecule has 0 fully saturated rings. The zero-order valence-electron chi connectivity index (χ0n) is 18.8. The van der Waals surface area contributed by atoms with Crippen molar-refractivity contribution >= 4 is 11.0 Å². The maximum Gasteiger partial charge on any atom is 0.337 e. The molecular weight excluding hydrogens is 432 g/mol. The van der Waals surface area contributed by atoms with Crippen molar-refractivity contribution in [3.8, 4) is 22.9 Å². The van der Waals surface area contributed by atoms with Crippen LogP contribution < -0.4 is 16.0 Å². The van der Waals surface area contributed by atoms with E-state index in [9.17, 15) is 9.59 Å². The fourth-order valence-corrected chi connectivity index (χ4v) is 3.90. The molecule has 5 rings (SSSR count). The lowest BCUT2D eigenvalue weighted by atomic mass is 10.2. The molecule has 3 aromatic heterocycles. The molecule has 0 saturated carbocycles. The fourth-order valence-electron chi connectivity index (χ4n) is 3.90. The molecule has 0 atom stereocenters. The molecule has 5 aromatic rings. The molecular formula is C26H22N4O4. The average molecular weight is 454 g/mol. The second-order valence-corrected chi connectivity index (χ2v) is 7.67. The standard InChI is InChI=1S/C26H22N4O4/c1-3-33-22-14-8-7-12-19(22)24-28-21(17(2)34-24)16-29-25(31)20-13-9-15-27-23(20)30(26(29)32)18-10-5-4-6-11-18/h4-15H,3,16H2,1-2H3. The van der Waals surface area contributed by atoms with Crippen molar-refractivity contribution in [1.29, 1.82) is 0 Å². The number of para-hydroxylation sites is 2. The highest BCUT2D eigenvalue weighted by atomic mass is 16.5. The van der Waals surface area contributed by atoms with Gasteiger partial charge < -0.3 is 9.15 Å². The predicted octanol–water partition coefficient (Wildman–Crippen LogP) is 3.96. The van der Waals surface area contributed by atoms with Crippen molar-refractivity contribution in [1.82, 2.24) is 19.1 Å². The van der Waals surface area contributed by atoms with Gasteiger partial charge in [0, 0.05) is 6.20 Å². The first kappa shape index (κ1) is 21.4. The summed E-state index contributed by atoms with van der Waals surface area (Å²) in [5, 5.41) is 0.342. The van der Waals surface area contributed by atoms with E-state index in [0.29, 0.717) is 52.0 Å². The molecule has 8 heteroatoms. The minimum atomic E-state index is -0.499. The number of aromatic nitrogens is 4. The zero-order chi connectivity index (χ0) is 23.7. The normalized spacial score (nSPS) is 11.1. The van der Waals surface area contributed by atoms with Gasteiger partial charge in [-0.2, -0.15) is 0 Å². The molecule has 0 saturated heterocycles. The van der Waals surface area contributed by atoms with Crippen LogP contribution in [0.4, 0.5) is 0 Å². The number of nitrogens with zero attached hydrogens (tertiary/aromatic N) is 4. The maximum atomic E-state index is 13.5. The topological polar surface area (TPSA) is 92.2 Å². The Bertz CT molecular complexity index is 1600. The molecule has 3 heterocycles. The number of rotatable bonds is 6. The summed E-state index contributed by atoms with van der Waals surface area (Å²) in [4.78, 5) is 35.8. The molecule has 0 unspecified atom stereocenters. The molecule has 34 heavy (non-hydrogen) atoms. The molecule has 0 amide bonds. The largest absolute Gasteiger partial charge is 0.493 e. The number of aryl methyl sites for hydroxylation is 1. The van der Waals surface area contributed by atoms with E-state index in [4.69, 9.17) is 9.15 Å². The Kier molecular flexibility index (Phi) is 5.55. The summed E-state index contributed by atoms with van der Waals surface area (Å²) in [5.41, 5.74) is 1.19. The molecule has 0 aliphatic heterocycles. The van der Waals surface area contributed by atoms with Gasteiger partial charge in [-0.05, 0) is 50.2 Å². The van der Waals surface area contributed by atoms with Crippen molar-refractivity contribution in [2.24, 2.45) is 0 Å². The van der Waals surface area contributed by atoms with Gasteiger partial charge in [-0.3, -0.25) is 9.36 Å². The SMILES string of the molecule is CCOc1ccccc1-c1nc(Cn2c(=O)c3cccnc3n(-c3ccccc3)c2=O)c(C)o1. The second kappa shape index (κ2) is 8.82. The highest BCUT2D eigenvalue weighted by Gasteiger charge is 2.20. The van der Waals surface area contributed by atoms with E-state index in [1.165, 1.54) is 9.13 Å². The Labute approximate surface area is 194 Å². The van der Waals surface area contributed by atoms with Gasteiger partial charge in [-0.1, -0.05) is 30.3 Å². The fraction of sp³-hybridized carbons (Fsp3) is 0.154. The van der Waals surface area contributed by atoms with Crippen LogP contribution >= 0.6 is 0 Å². The number of hydrogen-bond donors (Lipinski definition) is 0. The summed E-state index contributed by atoms with van der Waals surface area (Å²) in [7, 11) is 0. The second-order valence-electron chi connectivity index (χ2n) is 7.67. The summed E-state index contributed by atoms with van der Waals surface area (Å²) in [5.74, 6) is 1.54. The van der Waals surface area contributed by atoms with Crippen molar-refractivity contribution in [3.63, 3.8) is 0 Å². The minimum absolute atomic E-state index is 0.0402. The third kappa shape index (κ3) is 3.69. The van der Waals surface area contributed by atoms with Crippen LogP contribution in [-0.2, 0) is 6.54 Å². The van der Waals surface area contributed by atoms with Gasteiger partial charge in [-0.25, -0.2) is 19.3 Å². The van der Waals surface area contributed by atoms with Crippen molar-refractivity contribution in [2.75, 3.05) is 6.61 Å². The Morgan fingerprint density at radius 2 is 1.74 bits per heavy atom. The van der Waals surface area contributed by atoms with Crippen LogP contribution in [0.3, 0.4) is 0 Å². The van der Waals surface area contributed by atoms with Gasteiger partial charge in [0.15, 0.2) is 5.65 Å². The number of oxazole rings is 1. The Morgan fingerprint density at radius 1 is 0.971 bits per heavy atom. The number of hydrogen-bond acceptors (Lipinski definition) is 6. The summed E-state index contributed by atoms with van der Waals surface area (Å²) in [6, 6.07) is 19.9. The smallest absolute Gasteiger partial charge is 0.337 e. The molecule has 8 nitrogen and oxygen atoms in total. The van der Waals surface area contributed by atoms with Crippen molar-refractivity contribution in [2.45, 2.75) is 20.4 Å². The first-order valence-electron chi connectivity index (χ1n) is 10.9. The van der Waals surface area contributed by atoms with Gasteiger partial charge in [0.1, 0.15) is 17.2 Å². The molecule has 170 valence electrons. The molecule has 0 spiro atoms. The molecule has 0 N–H and O–H groups in total. The summed E-state index contributed by atoms with van der Waals surface area (Å²) >= 11 is 0. The monoisotopic (exact) mass is 454 g/mol. The Hall–Kier alpha value is -4.46. The highest BCUT2D eigenvalue weighted by molar-refractivity contribution is 5.75. The van der Waals surface area contributed by atoms with Crippen LogP contribution in [0.1, 0.15) is 18.4 Å². The van der Waals surface area contributed by atoms with Gasteiger partial charge in [0.25, 0.3) is 5.56 Å². The summed E-state index contributed by atoms with van der Waals surface area (Å²) in [6.07, 6.45) is 1.56. The van der Waals surface area contributed by atoms with Gasteiger partial charge in [0.05, 0.1) is 29.8 Å². The van der Waals surface area contributed by atoms with Crippen LogP contribution in [0, 0.1) is 6.92 Å². The van der Waals surface area contributed by atoms with Crippen molar-refractivity contribution in [3.05, 3.63) is 105 Å². The number of benzene rings is 2. The third-order valence-electron chi connectivity index (χ3n) is 5.53. The van der Waals surface area contributed by atoms with E-state index < -0.39 is 11.2 Å². The van der Waals surface area contributed by atoms with Gasteiger partial charge in [-0.15, -0.1) is 0 Å². The lowest BCUT2D eigenvalue weighted by Crippen LogP contribution is -2.40. The number of pyridine rings is 1. The van der Waals surface area contributed by atoms with E-state index >= 15 is 0 Å². The highest BCUT2D eigenvalue weighted by Crippen LogP contribution is 2.30. The lowest BCUT2D eigenvalue weighted by molar-refractivity contribution is 0.340. The predicted molar refractivity (Wildman–Crippen MR) is 129 cm³/mol. The third-order valence-corrected chi connectivity index (χ3v) is 5.53. The van der Waals surface area contributed by atoms with Crippen LogP contribution in [0.25, 0.3) is 28.2 Å². The quantitative estimate of drug-likeness (QED) is 0.386. The Balaban J connectivity index is 1.65. The van der Waals surface area contributed by atoms with E-state index in [0.717, 1.165) is 0 Å². The summed E-state index contributed by atoms with van der Waals surface area (Å²) in [6.45, 7) is 4.13. The van der Waals surface area contributed by atoms with Crippen molar-refractivity contribution < 1.29 is 9.15 Å². The molecule has 0 aliphatic rings. The number of ether oxygens (including phenoxy) is 1. The maximum absolute atomic E-state index is 13.5. The zero-order valence-corrected chi connectivity index (χ0v) is 18.8. The van der Waals surface area contributed by atoms with Crippen LogP contribution in [-0.4, -0.2) is 25.7 Å². The van der Waals surface area contributed by atoms with Crippen LogP contribution in [0.15, 0.2) is 86.9 Å². The molecule has 0 aliphatic carbocycles.